The second kappa shape index (κ2) is 6.64. The van der Waals surface area contributed by atoms with Gasteiger partial charge in [-0.1, -0.05) is 49.6 Å². The maximum Gasteiger partial charge on any atom is 0.170 e. The molecule has 0 saturated carbocycles. The van der Waals surface area contributed by atoms with Crippen molar-refractivity contribution in [2.45, 2.75) is 20.3 Å². The minimum absolute atomic E-state index is 0.141. The van der Waals surface area contributed by atoms with Gasteiger partial charge in [-0.2, -0.15) is 0 Å². The van der Waals surface area contributed by atoms with E-state index in [1.165, 1.54) is 6.08 Å². The Balaban J connectivity index is 2.91. The summed E-state index contributed by atoms with van der Waals surface area (Å²) in [4.78, 5) is 24.2. The second-order valence-electron chi connectivity index (χ2n) is 4.43. The highest BCUT2D eigenvalue weighted by atomic mass is 16.1. The SMILES string of the molecule is C=C/C=C(\C(=C)C)C(=O)CC(=O)c1ccccc1C. The first-order valence-corrected chi connectivity index (χ1v) is 6.08. The molecule has 0 aliphatic heterocycles. The van der Waals surface area contributed by atoms with E-state index >= 15 is 0 Å². The van der Waals surface area contributed by atoms with E-state index in [0.29, 0.717) is 16.7 Å². The first kappa shape index (κ1) is 14.8. The fourth-order valence-electron chi connectivity index (χ4n) is 1.81. The number of hydrogen-bond donors (Lipinski definition) is 0. The van der Waals surface area contributed by atoms with Crippen LogP contribution in [0, 0.1) is 6.92 Å². The van der Waals surface area contributed by atoms with Crippen LogP contribution >= 0.6 is 0 Å². The summed E-state index contributed by atoms with van der Waals surface area (Å²) >= 11 is 0. The molecule has 0 saturated heterocycles. The van der Waals surface area contributed by atoms with Crippen LogP contribution in [-0.2, 0) is 4.79 Å². The van der Waals surface area contributed by atoms with E-state index in [9.17, 15) is 9.59 Å². The molecule has 1 aromatic rings. The highest BCUT2D eigenvalue weighted by Gasteiger charge is 2.16. The lowest BCUT2D eigenvalue weighted by Gasteiger charge is -2.07. The van der Waals surface area contributed by atoms with E-state index < -0.39 is 0 Å². The van der Waals surface area contributed by atoms with Crippen LogP contribution in [0.15, 0.2) is 60.7 Å². The zero-order valence-corrected chi connectivity index (χ0v) is 11.4. The minimum atomic E-state index is -0.222. The summed E-state index contributed by atoms with van der Waals surface area (Å²) in [5, 5.41) is 0. The van der Waals surface area contributed by atoms with Gasteiger partial charge in [0.25, 0.3) is 0 Å². The molecule has 2 heteroatoms. The molecule has 0 aromatic heterocycles. The number of carbonyl (C=O) groups is 2. The summed E-state index contributed by atoms with van der Waals surface area (Å²) in [6, 6.07) is 7.26. The van der Waals surface area contributed by atoms with Crippen molar-refractivity contribution in [2.75, 3.05) is 0 Å². The molecule has 0 N–H and O–H groups in total. The molecule has 19 heavy (non-hydrogen) atoms. The normalized spacial score (nSPS) is 10.9. The largest absolute Gasteiger partial charge is 0.294 e. The van der Waals surface area contributed by atoms with Crippen LogP contribution in [0.3, 0.4) is 0 Å². The Bertz CT molecular complexity index is 562. The zero-order valence-electron chi connectivity index (χ0n) is 11.4. The first-order chi connectivity index (χ1) is 8.97. The Kier molecular flexibility index (Phi) is 5.19. The predicted molar refractivity (Wildman–Crippen MR) is 78.2 cm³/mol. The smallest absolute Gasteiger partial charge is 0.170 e. The third-order valence-electron chi connectivity index (χ3n) is 2.81. The van der Waals surface area contributed by atoms with Gasteiger partial charge < -0.3 is 0 Å². The van der Waals surface area contributed by atoms with Gasteiger partial charge in [-0.3, -0.25) is 9.59 Å². The van der Waals surface area contributed by atoms with Crippen molar-refractivity contribution in [1.82, 2.24) is 0 Å². The Morgan fingerprint density at radius 1 is 1.26 bits per heavy atom. The van der Waals surface area contributed by atoms with Crippen molar-refractivity contribution < 1.29 is 9.59 Å². The van der Waals surface area contributed by atoms with Gasteiger partial charge in [-0.05, 0) is 25.0 Å². The molecule has 0 radical (unpaired) electrons. The van der Waals surface area contributed by atoms with Crippen molar-refractivity contribution >= 4 is 11.6 Å². The highest BCUT2D eigenvalue weighted by Crippen LogP contribution is 2.15. The van der Waals surface area contributed by atoms with Crippen LogP contribution < -0.4 is 0 Å². The van der Waals surface area contributed by atoms with Gasteiger partial charge in [-0.15, -0.1) is 0 Å². The average molecular weight is 254 g/mol. The summed E-state index contributed by atoms with van der Waals surface area (Å²) in [6.45, 7) is 10.9. The lowest BCUT2D eigenvalue weighted by Crippen LogP contribution is -2.12. The molecule has 0 fully saturated rings. The highest BCUT2D eigenvalue weighted by molar-refractivity contribution is 6.15. The van der Waals surface area contributed by atoms with Gasteiger partial charge in [0.1, 0.15) is 0 Å². The standard InChI is InChI=1S/C17H18O2/c1-5-8-14(12(2)3)16(18)11-17(19)15-10-7-6-9-13(15)4/h5-10H,1-2,11H2,3-4H3/b14-8+. The molecule has 0 aliphatic rings. The molecule has 0 atom stereocenters. The lowest BCUT2D eigenvalue weighted by atomic mass is 9.96. The fourth-order valence-corrected chi connectivity index (χ4v) is 1.81. The Labute approximate surface area is 114 Å². The van der Waals surface area contributed by atoms with Crippen molar-refractivity contribution in [2.24, 2.45) is 0 Å². The Morgan fingerprint density at radius 3 is 2.42 bits per heavy atom. The summed E-state index contributed by atoms with van der Waals surface area (Å²) < 4.78 is 0. The monoisotopic (exact) mass is 254 g/mol. The number of rotatable bonds is 6. The Hall–Kier alpha value is -2.22. The maximum atomic E-state index is 12.1. The van der Waals surface area contributed by atoms with E-state index in [1.54, 1.807) is 25.1 Å². The molecule has 0 amide bonds. The molecule has 0 bridgehead atoms. The number of carbonyl (C=O) groups excluding carboxylic acids is 2. The second-order valence-corrected chi connectivity index (χ2v) is 4.43. The molecule has 0 spiro atoms. The number of ketones is 2. The van der Waals surface area contributed by atoms with Crippen molar-refractivity contribution in [3.63, 3.8) is 0 Å². The summed E-state index contributed by atoms with van der Waals surface area (Å²) in [6.07, 6.45) is 2.98. The third-order valence-corrected chi connectivity index (χ3v) is 2.81. The number of hydrogen-bond acceptors (Lipinski definition) is 2. The first-order valence-electron chi connectivity index (χ1n) is 6.08. The summed E-state index contributed by atoms with van der Waals surface area (Å²) in [5.74, 6) is -0.389. The fraction of sp³-hybridized carbons (Fsp3) is 0.176. The molecule has 1 aromatic carbocycles. The van der Waals surface area contributed by atoms with E-state index in [0.717, 1.165) is 5.56 Å². The van der Waals surface area contributed by atoms with Crippen molar-refractivity contribution in [3.05, 3.63) is 71.8 Å². The number of allylic oxidation sites excluding steroid dienone is 4. The Morgan fingerprint density at radius 2 is 1.89 bits per heavy atom. The van der Waals surface area contributed by atoms with Crippen molar-refractivity contribution in [1.29, 1.82) is 0 Å². The molecule has 1 rings (SSSR count). The van der Waals surface area contributed by atoms with Crippen molar-refractivity contribution in [3.8, 4) is 0 Å². The molecule has 98 valence electrons. The summed E-state index contributed by atoms with van der Waals surface area (Å²) in [7, 11) is 0. The van der Waals surface area contributed by atoms with Gasteiger partial charge >= 0.3 is 0 Å². The van der Waals surface area contributed by atoms with Crippen LogP contribution in [0.25, 0.3) is 0 Å². The van der Waals surface area contributed by atoms with Gasteiger partial charge in [0.15, 0.2) is 11.6 Å². The maximum absolute atomic E-state index is 12.1. The molecular formula is C17H18O2. The molecule has 0 unspecified atom stereocenters. The van der Waals surface area contributed by atoms with Crippen LogP contribution in [0.5, 0.6) is 0 Å². The van der Waals surface area contributed by atoms with Crippen LogP contribution in [0.2, 0.25) is 0 Å². The lowest BCUT2D eigenvalue weighted by molar-refractivity contribution is -0.114. The zero-order chi connectivity index (χ0) is 14.4. The van der Waals surface area contributed by atoms with E-state index in [1.807, 2.05) is 19.1 Å². The van der Waals surface area contributed by atoms with Gasteiger partial charge in [-0.25, -0.2) is 0 Å². The molecule has 2 nitrogen and oxygen atoms in total. The van der Waals surface area contributed by atoms with Gasteiger partial charge in [0.2, 0.25) is 0 Å². The summed E-state index contributed by atoms with van der Waals surface area (Å²) in [5.41, 5.74) is 2.57. The minimum Gasteiger partial charge on any atom is -0.294 e. The number of aryl methyl sites for hydroxylation is 1. The van der Waals surface area contributed by atoms with Crippen LogP contribution in [0.4, 0.5) is 0 Å². The van der Waals surface area contributed by atoms with Crippen LogP contribution in [-0.4, -0.2) is 11.6 Å². The third kappa shape index (κ3) is 3.88. The van der Waals surface area contributed by atoms with Gasteiger partial charge in [0, 0.05) is 11.1 Å². The number of Topliss-reactive ketones (excluding diaryl/α,β-unsaturated/α-hetero) is 2. The topological polar surface area (TPSA) is 34.1 Å². The molecule has 0 aliphatic carbocycles. The van der Waals surface area contributed by atoms with E-state index in [2.05, 4.69) is 13.2 Å². The van der Waals surface area contributed by atoms with Crippen LogP contribution in [0.1, 0.15) is 29.3 Å². The predicted octanol–water partition coefficient (Wildman–Crippen LogP) is 3.83. The van der Waals surface area contributed by atoms with E-state index in [4.69, 9.17) is 0 Å². The molecular weight excluding hydrogens is 236 g/mol. The quantitative estimate of drug-likeness (QED) is 0.334. The average Bonchev–Trinajstić information content (AvgIpc) is 2.35. The van der Waals surface area contributed by atoms with E-state index in [-0.39, 0.29) is 18.0 Å². The molecule has 0 heterocycles. The number of benzene rings is 1. The van der Waals surface area contributed by atoms with Gasteiger partial charge in [0.05, 0.1) is 6.42 Å².